The molecule has 1 heterocycles. The molecule has 0 radical (unpaired) electrons. The molecule has 0 saturated carbocycles. The van der Waals surface area contributed by atoms with E-state index >= 15 is 0 Å². The number of hydrogen-bond donors (Lipinski definition) is 3. The number of rotatable bonds is 11. The van der Waals surface area contributed by atoms with Gasteiger partial charge in [-0.05, 0) is 53.3 Å². The number of aliphatic hydroxyl groups excluding tert-OH is 1. The third kappa shape index (κ3) is 6.60. The zero-order valence-corrected chi connectivity index (χ0v) is 23.2. The van der Waals surface area contributed by atoms with E-state index in [0.29, 0.717) is 46.1 Å². The topological polar surface area (TPSA) is 114 Å². The SMILES string of the molecule is O=C(O)C(CO)NCc1cc(Cl)c(O[C@H]2CCc3c(-c4ccccc4F)cccc32)cc1OCc1cnc(Cl)nc1. The number of nitrogens with one attached hydrogen (secondary N) is 1. The number of hydrogen-bond acceptors (Lipinski definition) is 7. The highest BCUT2D eigenvalue weighted by molar-refractivity contribution is 6.32. The van der Waals surface area contributed by atoms with Crippen molar-refractivity contribution in [2.45, 2.75) is 38.1 Å². The van der Waals surface area contributed by atoms with E-state index in [1.807, 2.05) is 24.3 Å². The second-order valence-corrected chi connectivity index (χ2v) is 10.2. The smallest absolute Gasteiger partial charge is 0.323 e. The van der Waals surface area contributed by atoms with Gasteiger partial charge >= 0.3 is 5.97 Å². The summed E-state index contributed by atoms with van der Waals surface area (Å²) < 4.78 is 27.0. The Hall–Kier alpha value is -3.76. The highest BCUT2D eigenvalue weighted by Gasteiger charge is 2.28. The van der Waals surface area contributed by atoms with Gasteiger partial charge < -0.3 is 19.7 Å². The molecule has 0 bridgehead atoms. The van der Waals surface area contributed by atoms with E-state index in [2.05, 4.69) is 15.3 Å². The Morgan fingerprint density at radius 2 is 1.83 bits per heavy atom. The molecule has 212 valence electrons. The van der Waals surface area contributed by atoms with Crippen LogP contribution in [0.4, 0.5) is 4.39 Å². The molecule has 2 atom stereocenters. The standard InChI is InChI=1S/C30H26Cl2FN3O5/c31-23-10-18(14-34-25(15-37)29(38)39)27(40-16-17-12-35-30(32)36-13-17)11-28(23)41-26-9-8-20-19(5-3-6-22(20)26)21-4-1-2-7-24(21)33/h1-7,10-13,25-26,34,37H,8-9,14-16H2,(H,38,39)/t25?,26-/m0/s1. The zero-order chi connectivity index (χ0) is 28.9. The van der Waals surface area contributed by atoms with Gasteiger partial charge in [0.25, 0.3) is 0 Å². The lowest BCUT2D eigenvalue weighted by molar-refractivity contribution is -0.140. The first-order valence-electron chi connectivity index (χ1n) is 12.9. The van der Waals surface area contributed by atoms with Crippen LogP contribution < -0.4 is 14.8 Å². The van der Waals surface area contributed by atoms with Crippen LogP contribution in [-0.2, 0) is 24.4 Å². The number of carboxylic acids is 1. The van der Waals surface area contributed by atoms with Crippen molar-refractivity contribution >= 4 is 29.2 Å². The molecule has 1 aromatic heterocycles. The van der Waals surface area contributed by atoms with Crippen molar-refractivity contribution in [2.24, 2.45) is 0 Å². The van der Waals surface area contributed by atoms with Crippen molar-refractivity contribution in [3.8, 4) is 22.6 Å². The molecule has 41 heavy (non-hydrogen) atoms. The van der Waals surface area contributed by atoms with Gasteiger partial charge in [0, 0.05) is 41.7 Å². The predicted molar refractivity (Wildman–Crippen MR) is 152 cm³/mol. The summed E-state index contributed by atoms with van der Waals surface area (Å²) in [6, 6.07) is 14.6. The van der Waals surface area contributed by atoms with Gasteiger partial charge in [0.1, 0.15) is 36.1 Å². The molecular weight excluding hydrogens is 572 g/mol. The van der Waals surface area contributed by atoms with Gasteiger partial charge in [-0.2, -0.15) is 0 Å². The van der Waals surface area contributed by atoms with Crippen molar-refractivity contribution in [3.63, 3.8) is 0 Å². The number of carbonyl (C=O) groups is 1. The van der Waals surface area contributed by atoms with Gasteiger partial charge in [0.05, 0.1) is 11.6 Å². The third-order valence-electron chi connectivity index (χ3n) is 6.85. The van der Waals surface area contributed by atoms with E-state index < -0.39 is 18.6 Å². The second-order valence-electron chi connectivity index (χ2n) is 9.49. The van der Waals surface area contributed by atoms with E-state index in [4.69, 9.17) is 32.7 Å². The second kappa shape index (κ2) is 12.8. The van der Waals surface area contributed by atoms with E-state index in [-0.39, 0.29) is 30.4 Å². The molecule has 3 aromatic carbocycles. The van der Waals surface area contributed by atoms with E-state index in [1.165, 1.54) is 18.5 Å². The van der Waals surface area contributed by atoms with E-state index in [9.17, 15) is 19.4 Å². The fourth-order valence-electron chi connectivity index (χ4n) is 4.80. The largest absolute Gasteiger partial charge is 0.488 e. The first-order valence-corrected chi connectivity index (χ1v) is 13.6. The number of aromatic nitrogens is 2. The fraction of sp³-hybridized carbons (Fsp3) is 0.233. The van der Waals surface area contributed by atoms with Crippen molar-refractivity contribution in [2.75, 3.05) is 6.61 Å². The lowest BCUT2D eigenvalue weighted by Gasteiger charge is -2.20. The Morgan fingerprint density at radius 1 is 1.07 bits per heavy atom. The fourth-order valence-corrected chi connectivity index (χ4v) is 5.13. The molecule has 5 rings (SSSR count). The van der Waals surface area contributed by atoms with Crippen LogP contribution in [0, 0.1) is 5.82 Å². The summed E-state index contributed by atoms with van der Waals surface area (Å²) >= 11 is 12.4. The van der Waals surface area contributed by atoms with Crippen molar-refractivity contribution in [1.29, 1.82) is 0 Å². The molecule has 8 nitrogen and oxygen atoms in total. The molecule has 1 unspecified atom stereocenters. The predicted octanol–water partition coefficient (Wildman–Crippen LogP) is 5.77. The summed E-state index contributed by atoms with van der Waals surface area (Å²) in [4.78, 5) is 19.3. The summed E-state index contributed by atoms with van der Waals surface area (Å²) in [5.41, 5.74) is 4.60. The average Bonchev–Trinajstić information content (AvgIpc) is 3.38. The molecule has 0 spiro atoms. The zero-order valence-electron chi connectivity index (χ0n) is 21.7. The monoisotopic (exact) mass is 597 g/mol. The Morgan fingerprint density at radius 3 is 2.56 bits per heavy atom. The Kier molecular flexibility index (Phi) is 8.99. The number of fused-ring (bicyclic) bond motifs is 1. The van der Waals surface area contributed by atoms with E-state index in [1.54, 1.807) is 24.3 Å². The van der Waals surface area contributed by atoms with Gasteiger partial charge in [-0.25, -0.2) is 14.4 Å². The van der Waals surface area contributed by atoms with Gasteiger partial charge in [0.15, 0.2) is 0 Å². The number of ether oxygens (including phenoxy) is 2. The van der Waals surface area contributed by atoms with Crippen LogP contribution in [-0.4, -0.2) is 38.8 Å². The lowest BCUT2D eigenvalue weighted by atomic mass is 9.96. The van der Waals surface area contributed by atoms with Crippen molar-refractivity contribution in [1.82, 2.24) is 15.3 Å². The van der Waals surface area contributed by atoms with Crippen molar-refractivity contribution in [3.05, 3.63) is 105 Å². The molecule has 0 amide bonds. The molecule has 3 N–H and O–H groups in total. The molecule has 1 aliphatic rings. The Balaban J connectivity index is 1.42. The minimum atomic E-state index is -1.19. The maximum atomic E-state index is 14.6. The van der Waals surface area contributed by atoms with Gasteiger partial charge in [-0.15, -0.1) is 0 Å². The number of aliphatic carboxylic acids is 1. The normalized spacial score (nSPS) is 14.9. The molecule has 0 aliphatic heterocycles. The molecule has 4 aromatic rings. The van der Waals surface area contributed by atoms with Crippen LogP contribution in [0.5, 0.6) is 11.5 Å². The van der Waals surface area contributed by atoms with E-state index in [0.717, 1.165) is 16.7 Å². The van der Waals surface area contributed by atoms with Crippen molar-refractivity contribution < 1.29 is 28.9 Å². The van der Waals surface area contributed by atoms with Gasteiger partial charge in [-0.1, -0.05) is 48.0 Å². The summed E-state index contributed by atoms with van der Waals surface area (Å²) in [5.74, 6) is -0.693. The van der Waals surface area contributed by atoms with Crippen LogP contribution in [0.2, 0.25) is 10.3 Å². The molecule has 11 heteroatoms. The summed E-state index contributed by atoms with van der Waals surface area (Å²) in [7, 11) is 0. The van der Waals surface area contributed by atoms with Gasteiger partial charge in [0.2, 0.25) is 5.28 Å². The first-order chi connectivity index (χ1) is 19.8. The number of aliphatic hydroxyl groups is 1. The highest BCUT2D eigenvalue weighted by Crippen LogP contribution is 2.43. The van der Waals surface area contributed by atoms with Crippen LogP contribution in [0.1, 0.15) is 34.8 Å². The molecule has 0 fully saturated rings. The number of carboxylic acid groups (broad SMARTS) is 1. The molecular formula is C30H26Cl2FN3O5. The lowest BCUT2D eigenvalue weighted by Crippen LogP contribution is -2.39. The Labute approximate surface area is 245 Å². The number of benzene rings is 3. The third-order valence-corrected chi connectivity index (χ3v) is 7.34. The first kappa shape index (κ1) is 28.8. The van der Waals surface area contributed by atoms with Crippen LogP contribution in [0.15, 0.2) is 67.0 Å². The van der Waals surface area contributed by atoms with Crippen LogP contribution in [0.25, 0.3) is 11.1 Å². The quantitative estimate of drug-likeness (QED) is 0.187. The Bertz CT molecular complexity index is 1550. The maximum Gasteiger partial charge on any atom is 0.323 e. The number of halogens is 3. The average molecular weight is 598 g/mol. The summed E-state index contributed by atoms with van der Waals surface area (Å²) in [5, 5.41) is 21.9. The maximum absolute atomic E-state index is 14.6. The summed E-state index contributed by atoms with van der Waals surface area (Å²) in [6.45, 7) is -0.424. The van der Waals surface area contributed by atoms with Crippen LogP contribution in [0.3, 0.4) is 0 Å². The minimum absolute atomic E-state index is 0.0578. The summed E-state index contributed by atoms with van der Waals surface area (Å²) in [6.07, 6.45) is 4.14. The highest BCUT2D eigenvalue weighted by atomic mass is 35.5. The van der Waals surface area contributed by atoms with Crippen LogP contribution >= 0.6 is 23.2 Å². The molecule has 1 aliphatic carbocycles. The minimum Gasteiger partial charge on any atom is -0.488 e. The molecule has 0 saturated heterocycles. The number of nitrogens with zero attached hydrogens (tertiary/aromatic N) is 2. The van der Waals surface area contributed by atoms with Gasteiger partial charge in [-0.3, -0.25) is 10.1 Å².